The zero-order chi connectivity index (χ0) is 29.5. The van der Waals surface area contributed by atoms with Crippen LogP contribution in [-0.4, -0.2) is 73.6 Å². The van der Waals surface area contributed by atoms with Gasteiger partial charge in [-0.2, -0.15) is 5.10 Å². The van der Waals surface area contributed by atoms with Crippen molar-refractivity contribution in [2.45, 2.75) is 19.1 Å². The minimum atomic E-state index is -0.580. The number of nitrogens with one attached hydrogen (secondary N) is 3. The van der Waals surface area contributed by atoms with E-state index in [1.54, 1.807) is 31.0 Å². The molecule has 4 N–H and O–H groups in total. The van der Waals surface area contributed by atoms with E-state index in [0.717, 1.165) is 75.1 Å². The number of ether oxygens (including phenoxy) is 1. The molecule has 0 amide bonds. The van der Waals surface area contributed by atoms with Gasteiger partial charge in [0, 0.05) is 52.8 Å². The highest BCUT2D eigenvalue weighted by Gasteiger charge is 2.29. The summed E-state index contributed by atoms with van der Waals surface area (Å²) in [6, 6.07) is 10.6. The molecular weight excluding hydrogens is 547 g/mol. The van der Waals surface area contributed by atoms with Crippen LogP contribution in [0.3, 0.4) is 0 Å². The first-order chi connectivity index (χ1) is 20.9. The average molecular weight is 579 g/mol. The molecule has 1 saturated carbocycles. The minimum Gasteiger partial charge on any atom is -0.492 e. The van der Waals surface area contributed by atoms with E-state index >= 15 is 0 Å². The minimum absolute atomic E-state index is 0.294. The molecule has 6 aromatic rings. The maximum absolute atomic E-state index is 14.6. The zero-order valence-corrected chi connectivity index (χ0v) is 23.8. The van der Waals surface area contributed by atoms with Crippen LogP contribution < -0.4 is 10.1 Å². The SMILES string of the molecule is CN(C)CCOc1cc(F)cc(-c2cncc3[nH]c(-c4n[nH]c5cnc(-c6cncc(NC(O)C7CC7)c6)cc45)cc23)c1. The lowest BCUT2D eigenvalue weighted by Crippen LogP contribution is -2.20. The van der Waals surface area contributed by atoms with Crippen LogP contribution >= 0.6 is 0 Å². The molecule has 1 unspecified atom stereocenters. The molecule has 218 valence electrons. The summed E-state index contributed by atoms with van der Waals surface area (Å²) in [6.45, 7) is 1.18. The molecule has 43 heavy (non-hydrogen) atoms. The zero-order valence-electron chi connectivity index (χ0n) is 23.8. The van der Waals surface area contributed by atoms with Crippen molar-refractivity contribution in [2.75, 3.05) is 32.6 Å². The summed E-state index contributed by atoms with van der Waals surface area (Å²) >= 11 is 0. The molecular formula is C32H31FN8O2. The summed E-state index contributed by atoms with van der Waals surface area (Å²) in [6.07, 6.45) is 10.2. The van der Waals surface area contributed by atoms with Crippen LogP contribution in [0.5, 0.6) is 5.75 Å². The number of H-pyrrole nitrogens is 2. The van der Waals surface area contributed by atoms with Gasteiger partial charge in [0.15, 0.2) is 0 Å². The predicted molar refractivity (Wildman–Crippen MR) is 164 cm³/mol. The van der Waals surface area contributed by atoms with Crippen LogP contribution in [0.2, 0.25) is 0 Å². The van der Waals surface area contributed by atoms with Gasteiger partial charge in [-0.25, -0.2) is 4.39 Å². The molecule has 1 aliphatic carbocycles. The Labute approximate surface area is 247 Å². The van der Waals surface area contributed by atoms with Crippen molar-refractivity contribution in [3.05, 3.63) is 73.2 Å². The molecule has 1 aliphatic rings. The maximum Gasteiger partial charge on any atom is 0.127 e. The molecule has 1 aromatic carbocycles. The first-order valence-corrected chi connectivity index (χ1v) is 14.2. The number of fused-ring (bicyclic) bond motifs is 2. The summed E-state index contributed by atoms with van der Waals surface area (Å²) in [5, 5.41) is 22.9. The number of anilines is 1. The van der Waals surface area contributed by atoms with E-state index in [-0.39, 0.29) is 5.82 Å². The fourth-order valence-corrected chi connectivity index (χ4v) is 5.20. The monoisotopic (exact) mass is 578 g/mol. The molecule has 7 rings (SSSR count). The molecule has 1 fully saturated rings. The van der Waals surface area contributed by atoms with E-state index in [1.165, 1.54) is 12.1 Å². The highest BCUT2D eigenvalue weighted by molar-refractivity contribution is 6.01. The standard InChI is InChI=1S/C32H31FN8O2/c1-41(2)5-6-43-23-9-19(7-21(33)10-23)26-15-35-16-29-24(26)11-28(38-29)31-25-12-27(36-17-30(25)39-40-31)20-8-22(14-34-13-20)37-32(42)18-3-4-18/h7-18,32,37-38,42H,3-6H2,1-2H3,(H,39,40). The van der Waals surface area contributed by atoms with E-state index in [1.807, 2.05) is 43.3 Å². The van der Waals surface area contributed by atoms with Crippen LogP contribution in [0.4, 0.5) is 10.1 Å². The second-order valence-electron chi connectivity index (χ2n) is 11.2. The first kappa shape index (κ1) is 27.0. The summed E-state index contributed by atoms with van der Waals surface area (Å²) < 4.78 is 20.5. The van der Waals surface area contributed by atoms with E-state index in [4.69, 9.17) is 4.74 Å². The summed E-state index contributed by atoms with van der Waals surface area (Å²) in [4.78, 5) is 18.8. The van der Waals surface area contributed by atoms with Crippen molar-refractivity contribution in [3.8, 4) is 39.5 Å². The fourth-order valence-electron chi connectivity index (χ4n) is 5.20. The number of pyridine rings is 3. The van der Waals surface area contributed by atoms with E-state index in [9.17, 15) is 9.50 Å². The predicted octanol–water partition coefficient (Wildman–Crippen LogP) is 5.45. The van der Waals surface area contributed by atoms with Crippen LogP contribution in [0, 0.1) is 11.7 Å². The maximum atomic E-state index is 14.6. The van der Waals surface area contributed by atoms with Gasteiger partial charge in [-0.1, -0.05) is 0 Å². The molecule has 0 radical (unpaired) electrons. The molecule has 10 nitrogen and oxygen atoms in total. The number of aliphatic hydroxyl groups excluding tert-OH is 1. The number of nitrogens with zero attached hydrogens (tertiary/aromatic N) is 5. The lowest BCUT2D eigenvalue weighted by atomic mass is 10.0. The Kier molecular flexibility index (Phi) is 6.96. The number of rotatable bonds is 10. The molecule has 0 bridgehead atoms. The van der Waals surface area contributed by atoms with Gasteiger partial charge in [0.1, 0.15) is 30.1 Å². The number of halogens is 1. The van der Waals surface area contributed by atoms with E-state index < -0.39 is 6.23 Å². The van der Waals surface area contributed by atoms with Gasteiger partial charge in [0.25, 0.3) is 0 Å². The van der Waals surface area contributed by atoms with Gasteiger partial charge in [-0.05, 0) is 62.8 Å². The molecule has 0 aliphatic heterocycles. The summed E-state index contributed by atoms with van der Waals surface area (Å²) in [5.41, 5.74) is 6.84. The number of aromatic nitrogens is 6. The van der Waals surface area contributed by atoms with Gasteiger partial charge < -0.3 is 25.0 Å². The third-order valence-corrected chi connectivity index (χ3v) is 7.65. The molecule has 0 spiro atoms. The van der Waals surface area contributed by atoms with Crippen LogP contribution in [0.1, 0.15) is 12.8 Å². The van der Waals surface area contributed by atoms with Crippen molar-refractivity contribution in [1.82, 2.24) is 35.0 Å². The van der Waals surface area contributed by atoms with Crippen LogP contribution in [0.25, 0.3) is 55.6 Å². The van der Waals surface area contributed by atoms with E-state index in [0.29, 0.717) is 23.8 Å². The summed E-state index contributed by atoms with van der Waals surface area (Å²) in [5.74, 6) is 0.390. The number of benzene rings is 1. The van der Waals surface area contributed by atoms with Crippen LogP contribution in [-0.2, 0) is 0 Å². The van der Waals surface area contributed by atoms with Gasteiger partial charge in [0.2, 0.25) is 0 Å². The summed E-state index contributed by atoms with van der Waals surface area (Å²) in [7, 11) is 3.93. The first-order valence-electron chi connectivity index (χ1n) is 14.2. The Hall–Kier alpha value is -4.87. The van der Waals surface area contributed by atoms with Crippen molar-refractivity contribution >= 4 is 27.5 Å². The normalized spacial score (nSPS) is 14.1. The quantitative estimate of drug-likeness (QED) is 0.158. The van der Waals surface area contributed by atoms with Gasteiger partial charge >= 0.3 is 0 Å². The van der Waals surface area contributed by atoms with E-state index in [2.05, 4.69) is 35.5 Å². The van der Waals surface area contributed by atoms with Crippen LogP contribution in [0.15, 0.2) is 67.4 Å². The Morgan fingerprint density at radius 2 is 1.84 bits per heavy atom. The number of likely N-dealkylation sites (N-methyl/N-ethyl adjacent to an activating group) is 1. The van der Waals surface area contributed by atoms with Crippen molar-refractivity contribution in [1.29, 1.82) is 0 Å². The topological polar surface area (TPSA) is 128 Å². The number of aromatic amines is 2. The lowest BCUT2D eigenvalue weighted by molar-refractivity contribution is 0.180. The molecule has 5 heterocycles. The molecule has 11 heteroatoms. The number of aliphatic hydroxyl groups is 1. The lowest BCUT2D eigenvalue weighted by Gasteiger charge is -2.13. The molecule has 1 atom stereocenters. The Balaban J connectivity index is 1.22. The largest absolute Gasteiger partial charge is 0.492 e. The second kappa shape index (κ2) is 11.1. The Morgan fingerprint density at radius 3 is 2.67 bits per heavy atom. The van der Waals surface area contributed by atoms with Crippen molar-refractivity contribution in [3.63, 3.8) is 0 Å². The molecule has 0 saturated heterocycles. The smallest absolute Gasteiger partial charge is 0.127 e. The van der Waals surface area contributed by atoms with Crippen molar-refractivity contribution in [2.24, 2.45) is 5.92 Å². The number of hydrogen-bond donors (Lipinski definition) is 4. The number of hydrogen-bond acceptors (Lipinski definition) is 8. The van der Waals surface area contributed by atoms with Crippen molar-refractivity contribution < 1.29 is 14.2 Å². The van der Waals surface area contributed by atoms with Gasteiger partial charge in [-0.3, -0.25) is 20.1 Å². The highest BCUT2D eigenvalue weighted by atomic mass is 19.1. The average Bonchev–Trinajstić information content (AvgIpc) is 3.62. The van der Waals surface area contributed by atoms with Gasteiger partial charge in [-0.15, -0.1) is 0 Å². The Bertz CT molecular complexity index is 1930. The third-order valence-electron chi connectivity index (χ3n) is 7.65. The highest BCUT2D eigenvalue weighted by Crippen LogP contribution is 2.36. The molecule has 5 aromatic heterocycles. The second-order valence-corrected chi connectivity index (χ2v) is 11.2. The van der Waals surface area contributed by atoms with Gasteiger partial charge in [0.05, 0.1) is 46.7 Å². The Morgan fingerprint density at radius 1 is 0.977 bits per heavy atom. The third kappa shape index (κ3) is 5.64. The fraction of sp³-hybridized carbons (Fsp3) is 0.250.